The van der Waals surface area contributed by atoms with Crippen LogP contribution in [-0.2, 0) is 10.0 Å². The summed E-state index contributed by atoms with van der Waals surface area (Å²) < 4.78 is 33.6. The molecule has 0 radical (unpaired) electrons. The molecule has 1 aliphatic carbocycles. The Kier molecular flexibility index (Phi) is 5.39. The van der Waals surface area contributed by atoms with Gasteiger partial charge in [0.05, 0.1) is 27.8 Å². The average molecular weight is 477 g/mol. The fourth-order valence-electron chi connectivity index (χ4n) is 3.94. The third-order valence-electron chi connectivity index (χ3n) is 5.76. The van der Waals surface area contributed by atoms with Gasteiger partial charge in [0.25, 0.3) is 0 Å². The number of pyridine rings is 1. The summed E-state index contributed by atoms with van der Waals surface area (Å²) in [4.78, 5) is 23.4. The van der Waals surface area contributed by atoms with Crippen molar-refractivity contribution in [2.75, 3.05) is 5.32 Å². The minimum absolute atomic E-state index is 0.000340. The molecule has 0 saturated heterocycles. The van der Waals surface area contributed by atoms with Gasteiger partial charge in [0, 0.05) is 36.8 Å². The molecule has 0 bridgehead atoms. The molecule has 10 nitrogen and oxygen atoms in total. The minimum Gasteiger partial charge on any atom is -0.444 e. The van der Waals surface area contributed by atoms with Crippen molar-refractivity contribution in [2.24, 2.45) is 0 Å². The largest absolute Gasteiger partial charge is 0.444 e. The molecular weight excluding hydrogens is 456 g/mol. The van der Waals surface area contributed by atoms with Crippen molar-refractivity contribution >= 4 is 32.5 Å². The number of H-pyrrole nitrogens is 1. The van der Waals surface area contributed by atoms with E-state index in [0.717, 1.165) is 11.1 Å². The number of aromatic nitrogens is 3. The summed E-state index contributed by atoms with van der Waals surface area (Å²) in [5.41, 5.74) is 2.55. The Morgan fingerprint density at radius 2 is 2.09 bits per heavy atom. The lowest BCUT2D eigenvalue weighted by molar-refractivity contribution is 0.101. The quantitative estimate of drug-likeness (QED) is 0.344. The van der Waals surface area contributed by atoms with Crippen LogP contribution >= 0.6 is 0 Å². The number of oxazole rings is 1. The van der Waals surface area contributed by atoms with E-state index in [1.54, 1.807) is 24.5 Å². The zero-order chi connectivity index (χ0) is 23.9. The number of hydrogen-bond donors (Lipinski definition) is 3. The number of aromatic amines is 1. The molecule has 172 valence electrons. The molecule has 4 aromatic rings. The number of carbonyl (C=O) groups is 1. The Balaban J connectivity index is 1.33. The molecular formula is C23H20N6O4S. The van der Waals surface area contributed by atoms with Gasteiger partial charge in [0.15, 0.2) is 5.78 Å². The van der Waals surface area contributed by atoms with E-state index in [2.05, 4.69) is 25.0 Å². The lowest BCUT2D eigenvalue weighted by Crippen LogP contribution is -2.49. The lowest BCUT2D eigenvalue weighted by Gasteiger charge is -2.37. The van der Waals surface area contributed by atoms with Crippen LogP contribution in [-0.4, -0.2) is 41.2 Å². The summed E-state index contributed by atoms with van der Waals surface area (Å²) in [6.45, 7) is 1.42. The van der Waals surface area contributed by atoms with Gasteiger partial charge < -0.3 is 14.7 Å². The molecule has 1 aromatic carbocycles. The van der Waals surface area contributed by atoms with Gasteiger partial charge >= 0.3 is 0 Å². The molecule has 1 aliphatic rings. The van der Waals surface area contributed by atoms with Crippen LogP contribution < -0.4 is 10.0 Å². The molecule has 11 heteroatoms. The number of nitrogens with one attached hydrogen (secondary N) is 3. The number of nitrogens with zero attached hydrogens (tertiary/aromatic N) is 3. The van der Waals surface area contributed by atoms with E-state index in [9.17, 15) is 13.2 Å². The standard InChI is InChI=1S/C23H20N6O4S/c1-13(30)20-12-33-23(28-20)19-11-26-22-18(5-6-25-22)21(19)27-15-8-16(9-15)29-34(31,32)17-4-2-3-14(7-17)10-24/h2-7,11-12,15-16,29H,8-9H2,1H3,(H2,25,26,27)/t15-,16-. The summed E-state index contributed by atoms with van der Waals surface area (Å²) in [6.07, 6.45) is 5.84. The van der Waals surface area contributed by atoms with Crippen LogP contribution in [0.5, 0.6) is 0 Å². The topological polar surface area (TPSA) is 154 Å². The number of Topliss-reactive ketones (excluding diaryl/α,β-unsaturated/α-hetero) is 1. The second kappa shape index (κ2) is 8.40. The fourth-order valence-corrected chi connectivity index (χ4v) is 5.25. The van der Waals surface area contributed by atoms with E-state index in [4.69, 9.17) is 9.68 Å². The first-order valence-corrected chi connectivity index (χ1v) is 12.0. The van der Waals surface area contributed by atoms with E-state index >= 15 is 0 Å². The maximum absolute atomic E-state index is 12.7. The summed E-state index contributed by atoms with van der Waals surface area (Å²) in [6, 6.07) is 9.52. The number of carbonyl (C=O) groups excluding carboxylic acids is 1. The van der Waals surface area contributed by atoms with E-state index in [1.807, 2.05) is 12.1 Å². The van der Waals surface area contributed by atoms with Crippen LogP contribution in [0, 0.1) is 11.3 Å². The molecule has 5 rings (SSSR count). The summed E-state index contributed by atoms with van der Waals surface area (Å²) in [5.74, 6) is 0.0758. The number of ketones is 1. The van der Waals surface area contributed by atoms with Gasteiger partial charge in [0.2, 0.25) is 15.9 Å². The number of rotatable bonds is 7. The average Bonchev–Trinajstić information content (AvgIpc) is 3.47. The summed E-state index contributed by atoms with van der Waals surface area (Å²) in [5, 5.41) is 13.3. The molecule has 0 atom stereocenters. The van der Waals surface area contributed by atoms with E-state index in [1.165, 1.54) is 25.3 Å². The highest BCUT2D eigenvalue weighted by molar-refractivity contribution is 7.89. The second-order valence-corrected chi connectivity index (χ2v) is 9.87. The van der Waals surface area contributed by atoms with Gasteiger partial charge in [-0.1, -0.05) is 6.07 Å². The summed E-state index contributed by atoms with van der Waals surface area (Å²) >= 11 is 0. The van der Waals surface area contributed by atoms with Crippen LogP contribution in [0.1, 0.15) is 35.8 Å². The zero-order valence-corrected chi connectivity index (χ0v) is 18.9. The van der Waals surface area contributed by atoms with Gasteiger partial charge in [0.1, 0.15) is 17.6 Å². The molecule has 3 heterocycles. The molecule has 3 N–H and O–H groups in total. The highest BCUT2D eigenvalue weighted by Crippen LogP contribution is 2.36. The van der Waals surface area contributed by atoms with Crippen molar-refractivity contribution in [1.29, 1.82) is 5.26 Å². The number of hydrogen-bond acceptors (Lipinski definition) is 8. The Hall–Kier alpha value is -4.01. The van der Waals surface area contributed by atoms with Gasteiger partial charge in [-0.15, -0.1) is 0 Å². The number of nitriles is 1. The Morgan fingerprint density at radius 3 is 2.82 bits per heavy atom. The normalized spacial score (nSPS) is 17.8. The number of benzene rings is 1. The van der Waals surface area contributed by atoms with E-state index < -0.39 is 10.0 Å². The molecule has 0 unspecified atom stereocenters. The van der Waals surface area contributed by atoms with Gasteiger partial charge in [-0.25, -0.2) is 23.1 Å². The first-order valence-electron chi connectivity index (χ1n) is 10.6. The van der Waals surface area contributed by atoms with Crippen molar-refractivity contribution in [3.8, 4) is 17.5 Å². The number of sulfonamides is 1. The minimum atomic E-state index is -3.73. The Labute approximate surface area is 195 Å². The number of anilines is 1. The van der Waals surface area contributed by atoms with Crippen molar-refractivity contribution in [2.45, 2.75) is 36.7 Å². The number of fused-ring (bicyclic) bond motifs is 1. The summed E-state index contributed by atoms with van der Waals surface area (Å²) in [7, 11) is -3.73. The maximum Gasteiger partial charge on any atom is 0.240 e. The van der Waals surface area contributed by atoms with Gasteiger partial charge in [-0.05, 0) is 37.1 Å². The van der Waals surface area contributed by atoms with Crippen molar-refractivity contribution in [3.05, 3.63) is 60.2 Å². The fraction of sp³-hybridized carbons (Fsp3) is 0.217. The third kappa shape index (κ3) is 4.05. The predicted molar refractivity (Wildman–Crippen MR) is 124 cm³/mol. The van der Waals surface area contributed by atoms with Crippen LogP contribution in [0.2, 0.25) is 0 Å². The van der Waals surface area contributed by atoms with Crippen LogP contribution in [0.15, 0.2) is 58.3 Å². The van der Waals surface area contributed by atoms with Crippen LogP contribution in [0.25, 0.3) is 22.5 Å². The second-order valence-electron chi connectivity index (χ2n) is 8.15. The highest BCUT2D eigenvalue weighted by Gasteiger charge is 2.34. The molecule has 1 saturated carbocycles. The van der Waals surface area contributed by atoms with E-state index in [-0.39, 0.29) is 39.9 Å². The zero-order valence-electron chi connectivity index (χ0n) is 18.1. The van der Waals surface area contributed by atoms with Crippen LogP contribution in [0.3, 0.4) is 0 Å². The Bertz CT molecular complexity index is 1540. The smallest absolute Gasteiger partial charge is 0.240 e. The molecule has 3 aromatic heterocycles. The van der Waals surface area contributed by atoms with E-state index in [0.29, 0.717) is 24.1 Å². The molecule has 34 heavy (non-hydrogen) atoms. The van der Waals surface area contributed by atoms with Crippen molar-refractivity contribution < 1.29 is 17.6 Å². The van der Waals surface area contributed by atoms with Crippen molar-refractivity contribution in [3.63, 3.8) is 0 Å². The molecule has 0 aliphatic heterocycles. The molecule has 0 amide bonds. The predicted octanol–water partition coefficient (Wildman–Crippen LogP) is 3.21. The lowest BCUT2D eigenvalue weighted by atomic mass is 9.87. The molecule has 1 fully saturated rings. The first kappa shape index (κ1) is 21.8. The Morgan fingerprint density at radius 1 is 1.26 bits per heavy atom. The monoisotopic (exact) mass is 476 g/mol. The third-order valence-corrected chi connectivity index (χ3v) is 7.28. The van der Waals surface area contributed by atoms with Crippen molar-refractivity contribution in [1.82, 2.24) is 19.7 Å². The maximum atomic E-state index is 12.7. The van der Waals surface area contributed by atoms with Crippen LogP contribution in [0.4, 0.5) is 5.69 Å². The SMILES string of the molecule is CC(=O)c1coc(-c2cnc3[nH]ccc3c2N[C@H]2C[C@H](NS(=O)(=O)c3cccc(C#N)c3)C2)n1. The molecule has 0 spiro atoms. The highest BCUT2D eigenvalue weighted by atomic mass is 32.2. The van der Waals surface area contributed by atoms with Gasteiger partial charge in [-0.2, -0.15) is 5.26 Å². The first-order chi connectivity index (χ1) is 16.3. The van der Waals surface area contributed by atoms with Gasteiger partial charge in [-0.3, -0.25) is 4.79 Å².